The second-order valence-corrected chi connectivity index (χ2v) is 6.93. The maximum absolute atomic E-state index is 9.03. The summed E-state index contributed by atoms with van der Waals surface area (Å²) in [7, 11) is 0. The number of ether oxygens (including phenoxy) is 1. The summed E-state index contributed by atoms with van der Waals surface area (Å²) in [4.78, 5) is 0. The number of aliphatic hydroxyl groups is 7. The van der Waals surface area contributed by atoms with Crippen LogP contribution in [0.15, 0.2) is 0 Å². The molecule has 8 heteroatoms. The van der Waals surface area contributed by atoms with Crippen LogP contribution in [-0.2, 0) is 4.74 Å². The van der Waals surface area contributed by atoms with Crippen LogP contribution in [0.25, 0.3) is 0 Å². The minimum Gasteiger partial charge on any atom is -0.396 e. The van der Waals surface area contributed by atoms with Crippen LogP contribution in [0.4, 0.5) is 0 Å². The molecule has 0 rings (SSSR count). The Labute approximate surface area is 157 Å². The molecule has 0 aromatic heterocycles. The number of unbranched alkanes of at least 4 members (excludes halogenated alkanes) is 5. The molecular weight excluding hydrogens is 344 g/mol. The average molecular weight is 385 g/mol. The Bertz CT molecular complexity index is 238. The lowest BCUT2D eigenvalue weighted by atomic mass is 9.91. The van der Waals surface area contributed by atoms with Crippen LogP contribution in [0.3, 0.4) is 0 Å². The third kappa shape index (κ3) is 12.1. The zero-order valence-corrected chi connectivity index (χ0v) is 16.1. The predicted octanol–water partition coefficient (Wildman–Crippen LogP) is -0.731. The fourth-order valence-electron chi connectivity index (χ4n) is 1.95. The summed E-state index contributed by atoms with van der Waals surface area (Å²) in [5.74, 6) is 0. The largest absolute Gasteiger partial charge is 0.396 e. The van der Waals surface area contributed by atoms with Crippen molar-refractivity contribution < 1.29 is 40.5 Å². The van der Waals surface area contributed by atoms with Crippen LogP contribution in [0.5, 0.6) is 0 Å². The molecule has 0 spiro atoms. The highest BCUT2D eigenvalue weighted by Crippen LogP contribution is 2.19. The van der Waals surface area contributed by atoms with Crippen LogP contribution < -0.4 is 0 Å². The van der Waals surface area contributed by atoms with E-state index in [-0.39, 0.29) is 13.2 Å². The molecule has 160 valence electrons. The van der Waals surface area contributed by atoms with Gasteiger partial charge in [0, 0.05) is 6.61 Å². The van der Waals surface area contributed by atoms with E-state index < -0.39 is 50.5 Å². The molecule has 0 bridgehead atoms. The normalized spacial score (nSPS) is 12.0. The molecule has 0 saturated heterocycles. The highest BCUT2D eigenvalue weighted by Gasteiger charge is 2.32. The van der Waals surface area contributed by atoms with E-state index in [2.05, 4.69) is 6.92 Å². The standard InChI is InChI=1S/C10H22O7.C8H18O/c11-1-9(2-12,3-13)7-17-8-10(4-14,5-15)6-16;1-2-3-4-5-6-7-8-9/h11-16H,1-8H2;9H,2-8H2,1H3. The summed E-state index contributed by atoms with van der Waals surface area (Å²) >= 11 is 0. The fraction of sp³-hybridized carbons (Fsp3) is 1.00. The zero-order chi connectivity index (χ0) is 20.3. The lowest BCUT2D eigenvalue weighted by molar-refractivity contribution is -0.103. The van der Waals surface area contributed by atoms with Gasteiger partial charge in [0.1, 0.15) is 0 Å². The third-order valence-electron chi connectivity index (χ3n) is 4.34. The van der Waals surface area contributed by atoms with Crippen molar-refractivity contribution in [2.24, 2.45) is 10.8 Å². The summed E-state index contributed by atoms with van der Waals surface area (Å²) in [6, 6.07) is 0. The minimum atomic E-state index is -1.16. The molecular formula is C18H40O8. The van der Waals surface area contributed by atoms with Gasteiger partial charge in [-0.05, 0) is 6.42 Å². The monoisotopic (exact) mass is 384 g/mol. The van der Waals surface area contributed by atoms with Crippen molar-refractivity contribution in [3.8, 4) is 0 Å². The number of hydrogen-bond donors (Lipinski definition) is 7. The van der Waals surface area contributed by atoms with Crippen LogP contribution >= 0.6 is 0 Å². The summed E-state index contributed by atoms with van der Waals surface area (Å²) in [6.07, 6.45) is 7.50. The van der Waals surface area contributed by atoms with Gasteiger partial charge >= 0.3 is 0 Å². The highest BCUT2D eigenvalue weighted by atomic mass is 16.5. The molecule has 0 fully saturated rings. The van der Waals surface area contributed by atoms with Crippen molar-refractivity contribution in [1.29, 1.82) is 0 Å². The van der Waals surface area contributed by atoms with Crippen molar-refractivity contribution in [2.75, 3.05) is 59.5 Å². The third-order valence-corrected chi connectivity index (χ3v) is 4.34. The Morgan fingerprint density at radius 3 is 1.19 bits per heavy atom. The summed E-state index contributed by atoms with van der Waals surface area (Å²) < 4.78 is 5.15. The first-order valence-electron chi connectivity index (χ1n) is 9.33. The smallest absolute Gasteiger partial charge is 0.0629 e. The Morgan fingerprint density at radius 2 is 0.885 bits per heavy atom. The molecule has 8 nitrogen and oxygen atoms in total. The first-order chi connectivity index (χ1) is 12.5. The van der Waals surface area contributed by atoms with E-state index >= 15 is 0 Å². The summed E-state index contributed by atoms with van der Waals surface area (Å²) in [5.41, 5.74) is -2.32. The second-order valence-electron chi connectivity index (χ2n) is 6.93. The maximum Gasteiger partial charge on any atom is 0.0629 e. The van der Waals surface area contributed by atoms with Crippen molar-refractivity contribution in [1.82, 2.24) is 0 Å². The molecule has 0 aliphatic heterocycles. The molecule has 0 aromatic rings. The van der Waals surface area contributed by atoms with E-state index in [1.807, 2.05) is 0 Å². The van der Waals surface area contributed by atoms with Gasteiger partial charge in [0.15, 0.2) is 0 Å². The van der Waals surface area contributed by atoms with Crippen molar-refractivity contribution in [3.05, 3.63) is 0 Å². The van der Waals surface area contributed by atoms with Gasteiger partial charge in [0.25, 0.3) is 0 Å². The number of rotatable bonds is 16. The molecule has 26 heavy (non-hydrogen) atoms. The Balaban J connectivity index is 0. The van der Waals surface area contributed by atoms with E-state index in [1.165, 1.54) is 32.1 Å². The van der Waals surface area contributed by atoms with Crippen molar-refractivity contribution in [2.45, 2.75) is 45.4 Å². The van der Waals surface area contributed by atoms with E-state index in [4.69, 9.17) is 40.5 Å². The van der Waals surface area contributed by atoms with E-state index in [1.54, 1.807) is 0 Å². The van der Waals surface area contributed by atoms with Gasteiger partial charge in [-0.25, -0.2) is 0 Å². The van der Waals surface area contributed by atoms with Gasteiger partial charge in [-0.1, -0.05) is 39.0 Å². The van der Waals surface area contributed by atoms with E-state index in [0.29, 0.717) is 6.61 Å². The minimum absolute atomic E-state index is 0.141. The fourth-order valence-corrected chi connectivity index (χ4v) is 1.95. The van der Waals surface area contributed by atoms with Gasteiger partial charge in [-0.2, -0.15) is 0 Å². The van der Waals surface area contributed by atoms with E-state index in [9.17, 15) is 0 Å². The van der Waals surface area contributed by atoms with E-state index in [0.717, 1.165) is 6.42 Å². The maximum atomic E-state index is 9.03. The van der Waals surface area contributed by atoms with Gasteiger partial charge in [0.2, 0.25) is 0 Å². The van der Waals surface area contributed by atoms with Gasteiger partial charge in [-0.15, -0.1) is 0 Å². The van der Waals surface area contributed by atoms with Crippen LogP contribution in [0.1, 0.15) is 45.4 Å². The molecule has 0 amide bonds. The lowest BCUT2D eigenvalue weighted by Crippen LogP contribution is -2.43. The quantitative estimate of drug-likeness (QED) is 0.172. The molecule has 0 atom stereocenters. The molecule has 0 aromatic carbocycles. The van der Waals surface area contributed by atoms with Gasteiger partial charge in [-0.3, -0.25) is 0 Å². The molecule has 7 N–H and O–H groups in total. The number of hydrogen-bond acceptors (Lipinski definition) is 8. The Kier molecular flexibility index (Phi) is 19.4. The Hall–Kier alpha value is -0.320. The first kappa shape index (κ1) is 27.9. The zero-order valence-electron chi connectivity index (χ0n) is 16.1. The average Bonchev–Trinajstić information content (AvgIpc) is 2.70. The predicted molar refractivity (Wildman–Crippen MR) is 98.7 cm³/mol. The molecule has 0 radical (unpaired) electrons. The SMILES string of the molecule is CCCCCCCCO.OCC(CO)(CO)COCC(CO)(CO)CO. The molecule has 0 saturated carbocycles. The Morgan fingerprint density at radius 1 is 0.538 bits per heavy atom. The molecule has 0 aliphatic carbocycles. The topological polar surface area (TPSA) is 151 Å². The van der Waals surface area contributed by atoms with Crippen LogP contribution in [0.2, 0.25) is 0 Å². The van der Waals surface area contributed by atoms with Gasteiger partial charge in [0.05, 0.1) is 63.7 Å². The molecule has 0 unspecified atom stereocenters. The highest BCUT2D eigenvalue weighted by molar-refractivity contribution is 4.80. The van der Waals surface area contributed by atoms with Crippen LogP contribution in [-0.4, -0.2) is 95.2 Å². The molecule has 0 aliphatic rings. The van der Waals surface area contributed by atoms with Crippen molar-refractivity contribution >= 4 is 0 Å². The number of aliphatic hydroxyl groups excluding tert-OH is 7. The van der Waals surface area contributed by atoms with Crippen LogP contribution in [0, 0.1) is 10.8 Å². The molecule has 0 heterocycles. The first-order valence-corrected chi connectivity index (χ1v) is 9.33. The second kappa shape index (κ2) is 18.1. The van der Waals surface area contributed by atoms with Crippen molar-refractivity contribution in [3.63, 3.8) is 0 Å². The summed E-state index contributed by atoms with van der Waals surface area (Å²) in [6.45, 7) is -0.424. The lowest BCUT2D eigenvalue weighted by Gasteiger charge is -2.31. The van der Waals surface area contributed by atoms with Gasteiger partial charge < -0.3 is 40.5 Å². The summed E-state index contributed by atoms with van der Waals surface area (Å²) in [5, 5.41) is 62.6.